The fourth-order valence-corrected chi connectivity index (χ4v) is 16.0. The van der Waals surface area contributed by atoms with Crippen molar-refractivity contribution in [2.45, 2.75) is 296 Å². The van der Waals surface area contributed by atoms with Gasteiger partial charge in [-0.3, -0.25) is 24.1 Å². The number of carbonyl (C=O) groups excluding carboxylic acids is 6. The highest BCUT2D eigenvalue weighted by Crippen LogP contribution is 2.41. The van der Waals surface area contributed by atoms with Crippen molar-refractivity contribution in [1.29, 1.82) is 0 Å². The minimum Gasteiger partial charge on any atom is -0.461 e. The van der Waals surface area contributed by atoms with Crippen LogP contribution in [0.3, 0.4) is 0 Å². The Hall–Kier alpha value is -5.30. The molecule has 4 aliphatic rings. The molecule has 4 fully saturated rings. The van der Waals surface area contributed by atoms with Gasteiger partial charge < -0.3 is 92.7 Å². The molecule has 26 heteroatoms. The molecule has 0 amide bonds. The quantitative estimate of drug-likeness (QED) is 0.0834. The van der Waals surface area contributed by atoms with Crippen molar-refractivity contribution in [2.24, 2.45) is 35.5 Å². The zero-order valence-electron chi connectivity index (χ0n) is 66.3. The third-order valence-corrected chi connectivity index (χ3v) is 21.9. The summed E-state index contributed by atoms with van der Waals surface area (Å²) in [5.41, 5.74) is -6.10. The van der Waals surface area contributed by atoms with Crippen LogP contribution in [0.4, 0.5) is 0 Å². The third kappa shape index (κ3) is 22.9. The summed E-state index contributed by atoms with van der Waals surface area (Å²) in [4.78, 5) is 87.2. The summed E-state index contributed by atoms with van der Waals surface area (Å²) in [6.45, 7) is 30.8. The number of aliphatic hydroxyl groups excluding tert-OH is 2. The number of aliphatic hydroxyl groups is 6. The van der Waals surface area contributed by atoms with Gasteiger partial charge in [-0.05, 0) is 186 Å². The molecular formula is C78H128N4O22. The molecule has 28 atom stereocenters. The number of hydrogen-bond acceptors (Lipinski definition) is 26. The molecule has 26 nitrogen and oxygen atoms in total. The summed E-state index contributed by atoms with van der Waals surface area (Å²) >= 11 is 0. The van der Waals surface area contributed by atoms with E-state index in [1.54, 1.807) is 110 Å². The Bertz CT molecular complexity index is 3050. The molecule has 104 heavy (non-hydrogen) atoms. The number of nitrogens with zero attached hydrogens (tertiary/aromatic N) is 4. The largest absolute Gasteiger partial charge is 0.461 e. The minimum atomic E-state index is -1.82. The predicted octanol–water partition coefficient (Wildman–Crippen LogP) is 6.82. The summed E-state index contributed by atoms with van der Waals surface area (Å²) in [6, 6.07) is 15.5. The maximum absolute atomic E-state index is 14.1. The van der Waals surface area contributed by atoms with E-state index in [0.29, 0.717) is 37.1 Å². The molecule has 0 radical (unpaired) electrons. The summed E-state index contributed by atoms with van der Waals surface area (Å²) in [6.07, 6.45) is -12.2. The van der Waals surface area contributed by atoms with Gasteiger partial charge in [0.15, 0.2) is 24.8 Å². The molecule has 0 aromatic heterocycles. The fraction of sp³-hybridized carbons (Fsp3) is 0.769. The maximum Gasteiger partial charge on any atom is 0.338 e. The van der Waals surface area contributed by atoms with E-state index in [0.717, 1.165) is 0 Å². The predicted molar refractivity (Wildman–Crippen MR) is 388 cm³/mol. The first-order valence-corrected chi connectivity index (χ1v) is 37.1. The van der Waals surface area contributed by atoms with Crippen LogP contribution in [0.25, 0.3) is 0 Å². The Morgan fingerprint density at radius 2 is 0.894 bits per heavy atom. The van der Waals surface area contributed by atoms with E-state index in [2.05, 4.69) is 0 Å². The molecule has 6 N–H and O–H groups in total. The number of likely N-dealkylation sites (N-methyl/N-ethyl adjacent to an activating group) is 4. The van der Waals surface area contributed by atoms with Crippen LogP contribution in [0.5, 0.6) is 0 Å². The monoisotopic (exact) mass is 1470 g/mol. The van der Waals surface area contributed by atoms with Gasteiger partial charge in [0.2, 0.25) is 0 Å². The van der Waals surface area contributed by atoms with E-state index in [-0.39, 0.29) is 61.8 Å². The van der Waals surface area contributed by atoms with Gasteiger partial charge in [0.05, 0.1) is 76.8 Å². The normalized spacial score (nSPS) is 40.3. The number of carbonyl (C=O) groups is 6. The van der Waals surface area contributed by atoms with Gasteiger partial charge in [-0.25, -0.2) is 9.59 Å². The standard InChI is InChI=1S/C41H66N2O12.C37H62N2O10/c1-14-32-41(10,49)36(52-29(8)45)27(6)43(13)22-23(2)21-40(9,48)35(25(4)33(51-28(7)44)26(5)37(46)53-32)55-39-34(31(42(11)12)20-24(3)50-39)54-38(47)30-18-16-15-17-19-30;1-12-28-37(8,45)31(41)25(6)39(11)20-21(2)19-36(7,44)32(23(4)29(40)24(5)33(42)47-28)49-35-30(27(38(9)10)18-22(3)46-35)48-34(43)26-16-14-13-15-17-26/h15-19,23-27,31-36,39,48-49H,14,20-22H2,1-13H3;13-17,21-25,27-32,35,40-41,44-45H,12,18-20H2,1-11H3/t23-,24-,25+,26-,27-,31+,32-,33+,34-,35-,36-,39+,40-,41-;21-,22-,23+,24-,25-,27+,28-,29+,30-,31-,32-,35+,36-,37-/m11/s1. The number of ether oxygens (including phenoxy) is 10. The first-order valence-electron chi connectivity index (χ1n) is 37.1. The highest BCUT2D eigenvalue weighted by Gasteiger charge is 2.55. The average molecular weight is 1470 g/mol. The smallest absolute Gasteiger partial charge is 0.338 e. The topological polar surface area (TPSA) is 329 Å². The fourth-order valence-electron chi connectivity index (χ4n) is 16.0. The Balaban J connectivity index is 0.000000376. The lowest BCUT2D eigenvalue weighted by Crippen LogP contribution is -2.60. The highest BCUT2D eigenvalue weighted by molar-refractivity contribution is 5.90. The molecule has 0 aliphatic carbocycles. The van der Waals surface area contributed by atoms with E-state index in [1.807, 2.05) is 103 Å². The lowest BCUT2D eigenvalue weighted by molar-refractivity contribution is -0.298. The number of esters is 6. The van der Waals surface area contributed by atoms with E-state index in [1.165, 1.54) is 34.6 Å². The molecule has 0 unspecified atom stereocenters. The van der Waals surface area contributed by atoms with E-state index >= 15 is 0 Å². The van der Waals surface area contributed by atoms with E-state index in [4.69, 9.17) is 47.4 Å². The van der Waals surface area contributed by atoms with E-state index in [9.17, 15) is 59.4 Å². The van der Waals surface area contributed by atoms with Crippen molar-refractivity contribution in [3.8, 4) is 0 Å². The Labute approximate surface area is 617 Å². The molecule has 0 bridgehead atoms. The summed E-state index contributed by atoms with van der Waals surface area (Å²) in [5.74, 6) is -8.22. The van der Waals surface area contributed by atoms with Crippen LogP contribution < -0.4 is 0 Å². The second-order valence-electron chi connectivity index (χ2n) is 31.9. The zero-order chi connectivity index (χ0) is 78.6. The number of benzene rings is 2. The van der Waals surface area contributed by atoms with Crippen LogP contribution in [0.15, 0.2) is 60.7 Å². The summed E-state index contributed by atoms with van der Waals surface area (Å²) in [5, 5.41) is 71.3. The number of hydrogen-bond donors (Lipinski definition) is 6. The van der Waals surface area contributed by atoms with Crippen LogP contribution in [0.1, 0.15) is 184 Å². The van der Waals surface area contributed by atoms with Gasteiger partial charge in [-0.15, -0.1) is 0 Å². The van der Waals surface area contributed by atoms with Gasteiger partial charge >= 0.3 is 35.8 Å². The van der Waals surface area contributed by atoms with Gasteiger partial charge in [0, 0.05) is 50.9 Å². The molecule has 6 rings (SSSR count). The molecule has 4 heterocycles. The molecule has 4 saturated heterocycles. The SMILES string of the molecule is CC[C@H]1OC(=O)[C@H](C)[C@@H](O)[C@H](C)[C@@H](O[C@@H]2O[C@H](C)C[C@H](N(C)C)[C@H]2OC(=O)c2ccccc2)[C@](C)(O)C[C@@H](C)CN(C)[C@H](C)[C@@H](O)[C@]1(C)O.CC[C@H]1OC(=O)[C@H](C)[C@@H](OC(C)=O)[C@H](C)[C@@H](O[C@@H]2O[C@H](C)C[C@H](N(C)C)[C@H]2OC(=O)c2ccccc2)[C@](C)(O)C[C@@H](C)CN(C)[C@H](C)[C@@H](OC(C)=O)[C@]1(C)O. The molecule has 0 spiro atoms. The molecule has 4 aliphatic heterocycles. The van der Waals surface area contributed by atoms with Crippen molar-refractivity contribution in [3.05, 3.63) is 71.8 Å². The zero-order valence-corrected chi connectivity index (χ0v) is 66.3. The lowest BCUT2D eigenvalue weighted by Gasteiger charge is -2.47. The third-order valence-electron chi connectivity index (χ3n) is 21.9. The van der Waals surface area contributed by atoms with Crippen molar-refractivity contribution in [1.82, 2.24) is 19.6 Å². The van der Waals surface area contributed by atoms with Crippen LogP contribution in [0.2, 0.25) is 0 Å². The number of cyclic esters (lactones) is 2. The van der Waals surface area contributed by atoms with Crippen molar-refractivity contribution in [2.75, 3.05) is 55.4 Å². The second kappa shape index (κ2) is 38.2. The highest BCUT2D eigenvalue weighted by atomic mass is 16.7. The maximum atomic E-state index is 14.1. The van der Waals surface area contributed by atoms with Crippen molar-refractivity contribution >= 4 is 35.8 Å². The van der Waals surface area contributed by atoms with Gasteiger partial charge in [-0.1, -0.05) is 77.9 Å². The van der Waals surface area contributed by atoms with Crippen molar-refractivity contribution in [3.63, 3.8) is 0 Å². The van der Waals surface area contributed by atoms with Crippen LogP contribution in [0, 0.1) is 35.5 Å². The second-order valence-corrected chi connectivity index (χ2v) is 31.9. The average Bonchev–Trinajstić information content (AvgIpc) is 1.33. The first-order chi connectivity index (χ1) is 48.2. The molecular weight excluding hydrogens is 1340 g/mol. The van der Waals surface area contributed by atoms with Crippen LogP contribution >= 0.6 is 0 Å². The van der Waals surface area contributed by atoms with Crippen LogP contribution in [-0.2, 0) is 66.5 Å². The molecule has 2 aromatic carbocycles. The van der Waals surface area contributed by atoms with Gasteiger partial charge in [-0.2, -0.15) is 0 Å². The van der Waals surface area contributed by atoms with Crippen molar-refractivity contribution < 1.29 is 107 Å². The Morgan fingerprint density at radius 3 is 1.28 bits per heavy atom. The van der Waals surface area contributed by atoms with E-state index < -0.39 is 168 Å². The molecule has 0 saturated carbocycles. The molecule has 592 valence electrons. The summed E-state index contributed by atoms with van der Waals surface area (Å²) < 4.78 is 61.9. The van der Waals surface area contributed by atoms with Gasteiger partial charge in [0.1, 0.15) is 41.7 Å². The Morgan fingerprint density at radius 1 is 0.519 bits per heavy atom. The van der Waals surface area contributed by atoms with Gasteiger partial charge in [0.25, 0.3) is 0 Å². The Kier molecular flexibility index (Phi) is 32.8. The van der Waals surface area contributed by atoms with Crippen LogP contribution in [-0.4, -0.2) is 274 Å². The number of rotatable bonds is 14. The first kappa shape index (κ1) is 89.3. The summed E-state index contributed by atoms with van der Waals surface area (Å²) in [7, 11) is 11.2. The minimum absolute atomic E-state index is 0.148. The molecule has 2 aromatic rings. The lowest BCUT2D eigenvalue weighted by atomic mass is 9.77.